The van der Waals surface area contributed by atoms with Crippen molar-refractivity contribution >= 4 is 0 Å². The van der Waals surface area contributed by atoms with Crippen LogP contribution in [0.25, 0.3) is 0 Å². The number of halogens is 1. The van der Waals surface area contributed by atoms with Crippen molar-refractivity contribution < 1.29 is 46.0 Å². The average molecular weight is 232 g/mol. The summed E-state index contributed by atoms with van der Waals surface area (Å²) in [5.74, 6) is 0. The van der Waals surface area contributed by atoms with E-state index in [0.29, 0.717) is 6.42 Å². The van der Waals surface area contributed by atoms with E-state index in [1.54, 1.807) is 0 Å². The number of rotatable bonds is 0. The molecule has 0 aliphatic rings. The monoisotopic (exact) mass is 232 g/mol. The van der Waals surface area contributed by atoms with Crippen LogP contribution >= 0.6 is 0 Å². The molecule has 0 saturated heterocycles. The predicted molar refractivity (Wildman–Crippen MR) is 25.1 cm³/mol. The Bertz CT molecular complexity index is 41.4. The van der Waals surface area contributed by atoms with E-state index in [1.807, 2.05) is 13.0 Å². The molecule has 0 aromatic rings. The summed E-state index contributed by atoms with van der Waals surface area (Å²) in [6.45, 7) is 1.82. The second-order valence-electron chi connectivity index (χ2n) is 0.512. The first-order chi connectivity index (χ1) is 1.91. The fourth-order valence-corrected chi connectivity index (χ4v) is 0. The zero-order valence-corrected chi connectivity index (χ0v) is 7.34. The fraction of sp³-hybridized carbons (Fsp3) is 0.750. The quantitative estimate of drug-likeness (QED) is 0.623. The molecule has 41 valence electrons. The van der Waals surface area contributed by atoms with Gasteiger partial charge in [-0.2, -0.15) is 5.26 Å². The predicted octanol–water partition coefficient (Wildman–Crippen LogP) is 1.71. The van der Waals surface area contributed by atoms with Gasteiger partial charge in [0.05, 0.1) is 6.07 Å². The van der Waals surface area contributed by atoms with Crippen molar-refractivity contribution in [2.45, 2.75) is 20.8 Å². The molecule has 0 aromatic carbocycles. The molecule has 0 unspecified atom stereocenters. The molecule has 0 aliphatic carbocycles. The van der Waals surface area contributed by atoms with E-state index in [0.717, 1.165) is 0 Å². The Kier molecular flexibility index (Phi) is 105. The van der Waals surface area contributed by atoms with E-state index < -0.39 is 0 Å². The van der Waals surface area contributed by atoms with E-state index in [-0.39, 0.29) is 53.4 Å². The van der Waals surface area contributed by atoms with Crippen LogP contribution in [0.2, 0.25) is 0 Å². The second-order valence-corrected chi connectivity index (χ2v) is 0.512. The minimum atomic E-state index is 0. The smallest absolute Gasteiger partial charge is 0.0618 e. The standard InChI is InChI=1S/C3H5N.CH4.FH.Pr/c1-2-3-4;;;/h2H2,1H3;1H4;1H;. The molecule has 0 aliphatic heterocycles. The van der Waals surface area contributed by atoms with Crippen LogP contribution in [-0.2, 0) is 0 Å². The summed E-state index contributed by atoms with van der Waals surface area (Å²) in [5.41, 5.74) is 0. The molecule has 0 amide bonds. The summed E-state index contributed by atoms with van der Waals surface area (Å²) in [7, 11) is 0. The Balaban J connectivity index is -0.0000000150. The van der Waals surface area contributed by atoms with Crippen LogP contribution in [0.1, 0.15) is 20.8 Å². The molecule has 0 bridgehead atoms. The number of nitrogens with zero attached hydrogens (tertiary/aromatic N) is 1. The molecular formula is C4H10FNPr. The molecule has 1 nitrogen and oxygen atoms in total. The Hall–Kier alpha value is 0.784. The molecular weight excluding hydrogens is 222 g/mol. The van der Waals surface area contributed by atoms with Crippen molar-refractivity contribution in [3.8, 4) is 6.07 Å². The van der Waals surface area contributed by atoms with Gasteiger partial charge in [0.15, 0.2) is 0 Å². The zero-order valence-electron chi connectivity index (χ0n) is 3.64. The summed E-state index contributed by atoms with van der Waals surface area (Å²) < 4.78 is 0. The van der Waals surface area contributed by atoms with Crippen molar-refractivity contribution in [2.75, 3.05) is 0 Å². The van der Waals surface area contributed by atoms with Crippen LogP contribution in [0.3, 0.4) is 0 Å². The topological polar surface area (TPSA) is 23.8 Å². The van der Waals surface area contributed by atoms with Gasteiger partial charge in [0, 0.05) is 47.7 Å². The first-order valence-electron chi connectivity index (χ1n) is 1.28. The summed E-state index contributed by atoms with van der Waals surface area (Å²) in [4.78, 5) is 0. The summed E-state index contributed by atoms with van der Waals surface area (Å²) >= 11 is 0. The Morgan fingerprint density at radius 1 is 1.57 bits per heavy atom. The van der Waals surface area contributed by atoms with Crippen molar-refractivity contribution in [1.29, 1.82) is 5.26 Å². The van der Waals surface area contributed by atoms with Gasteiger partial charge in [0.1, 0.15) is 0 Å². The van der Waals surface area contributed by atoms with E-state index in [4.69, 9.17) is 5.26 Å². The van der Waals surface area contributed by atoms with Crippen LogP contribution in [0, 0.1) is 52.6 Å². The largest absolute Gasteiger partial charge is 0.269 e. The molecule has 0 atom stereocenters. The van der Waals surface area contributed by atoms with Gasteiger partial charge in [-0.3, -0.25) is 4.70 Å². The third-order valence-corrected chi connectivity index (χ3v) is 0.158. The van der Waals surface area contributed by atoms with Crippen molar-refractivity contribution in [3.63, 3.8) is 0 Å². The van der Waals surface area contributed by atoms with Gasteiger partial charge >= 0.3 is 0 Å². The van der Waals surface area contributed by atoms with E-state index in [1.165, 1.54) is 0 Å². The maximum atomic E-state index is 7.62. The second kappa shape index (κ2) is 29.3. The summed E-state index contributed by atoms with van der Waals surface area (Å²) in [5, 5.41) is 7.62. The molecule has 0 spiro atoms. The van der Waals surface area contributed by atoms with Gasteiger partial charge in [0.25, 0.3) is 0 Å². The minimum absolute atomic E-state index is 0. The van der Waals surface area contributed by atoms with Gasteiger partial charge in [-0.05, 0) is 0 Å². The van der Waals surface area contributed by atoms with Crippen LogP contribution in [-0.4, -0.2) is 0 Å². The van der Waals surface area contributed by atoms with Gasteiger partial charge < -0.3 is 0 Å². The number of nitriles is 1. The molecule has 7 heavy (non-hydrogen) atoms. The van der Waals surface area contributed by atoms with Gasteiger partial charge in [0.2, 0.25) is 0 Å². The van der Waals surface area contributed by atoms with E-state index in [2.05, 4.69) is 0 Å². The minimum Gasteiger partial charge on any atom is -0.269 e. The molecule has 1 radical (unpaired) electrons. The zero-order chi connectivity index (χ0) is 3.41. The summed E-state index contributed by atoms with van der Waals surface area (Å²) in [6, 6.07) is 1.93. The first-order valence-corrected chi connectivity index (χ1v) is 1.28. The molecule has 3 heteroatoms. The van der Waals surface area contributed by atoms with Gasteiger partial charge in [-0.1, -0.05) is 14.4 Å². The van der Waals surface area contributed by atoms with Crippen molar-refractivity contribution in [3.05, 3.63) is 0 Å². The maximum absolute atomic E-state index is 7.62. The third-order valence-electron chi connectivity index (χ3n) is 0.158. The van der Waals surface area contributed by atoms with Crippen molar-refractivity contribution in [2.24, 2.45) is 0 Å². The van der Waals surface area contributed by atoms with E-state index in [9.17, 15) is 0 Å². The third kappa shape index (κ3) is 48.8. The van der Waals surface area contributed by atoms with Crippen LogP contribution in [0.15, 0.2) is 0 Å². The Morgan fingerprint density at radius 2 is 1.71 bits per heavy atom. The Labute approximate surface area is 77.4 Å². The maximum Gasteiger partial charge on any atom is 0.0618 e. The number of hydrogen-bond acceptors (Lipinski definition) is 1. The molecule has 0 aromatic heterocycles. The Morgan fingerprint density at radius 3 is 1.71 bits per heavy atom. The van der Waals surface area contributed by atoms with Crippen molar-refractivity contribution in [1.82, 2.24) is 0 Å². The normalized spacial score (nSPS) is 2.86. The van der Waals surface area contributed by atoms with Gasteiger partial charge in [-0.15, -0.1) is 0 Å². The molecule has 0 saturated carbocycles. The summed E-state index contributed by atoms with van der Waals surface area (Å²) in [6.07, 6.45) is 0.625. The molecule has 0 N–H and O–H groups in total. The first kappa shape index (κ1) is 25.0. The van der Waals surface area contributed by atoms with Crippen LogP contribution in [0.4, 0.5) is 4.70 Å². The molecule has 0 heterocycles. The SMILES string of the molecule is C.CCC#N.F.[Pr]. The average Bonchev–Trinajstić information content (AvgIpc) is 1.37. The van der Waals surface area contributed by atoms with E-state index >= 15 is 0 Å². The van der Waals surface area contributed by atoms with Crippen LogP contribution in [0.5, 0.6) is 0 Å². The van der Waals surface area contributed by atoms with Crippen LogP contribution < -0.4 is 0 Å². The molecule has 0 fully saturated rings. The fourth-order valence-electron chi connectivity index (χ4n) is 0. The molecule has 0 rings (SSSR count). The number of hydrogen-bond donors (Lipinski definition) is 0. The van der Waals surface area contributed by atoms with Gasteiger partial charge in [-0.25, -0.2) is 0 Å².